The molecule has 4 nitrogen and oxygen atoms in total. The smallest absolute Gasteiger partial charge is 0.242 e. The van der Waals surface area contributed by atoms with E-state index in [2.05, 4.69) is 6.07 Å². The van der Waals surface area contributed by atoms with Crippen molar-refractivity contribution >= 4 is 17.2 Å². The molecule has 1 fully saturated rings. The highest BCUT2D eigenvalue weighted by Crippen LogP contribution is 2.29. The summed E-state index contributed by atoms with van der Waals surface area (Å²) in [5.41, 5.74) is 5.81. The van der Waals surface area contributed by atoms with Crippen molar-refractivity contribution in [1.29, 1.82) is 0 Å². The van der Waals surface area contributed by atoms with Crippen molar-refractivity contribution in [3.8, 4) is 0 Å². The minimum absolute atomic E-state index is 0.00255. The van der Waals surface area contributed by atoms with Gasteiger partial charge in [-0.05, 0) is 24.3 Å². The molecule has 0 saturated heterocycles. The SMILES string of the molecule is COCC(N)C(=O)N(Cc1cccs1)C1CC1. The number of nitrogens with zero attached hydrogens (tertiary/aromatic N) is 1. The van der Waals surface area contributed by atoms with Gasteiger partial charge in [-0.1, -0.05) is 6.07 Å². The van der Waals surface area contributed by atoms with Crippen LogP contribution < -0.4 is 5.73 Å². The molecule has 1 aliphatic rings. The Kier molecular flexibility index (Phi) is 4.15. The molecule has 17 heavy (non-hydrogen) atoms. The van der Waals surface area contributed by atoms with Crippen molar-refractivity contribution in [2.75, 3.05) is 13.7 Å². The van der Waals surface area contributed by atoms with Crippen LogP contribution in [0.4, 0.5) is 0 Å². The van der Waals surface area contributed by atoms with Crippen LogP contribution in [-0.4, -0.2) is 36.6 Å². The molecule has 2 rings (SSSR count). The predicted molar refractivity (Wildman–Crippen MR) is 67.7 cm³/mol. The van der Waals surface area contributed by atoms with Gasteiger partial charge in [0.05, 0.1) is 13.2 Å². The number of carbonyl (C=O) groups is 1. The Morgan fingerprint density at radius 2 is 2.47 bits per heavy atom. The number of methoxy groups -OCH3 is 1. The van der Waals surface area contributed by atoms with Crippen LogP contribution in [0, 0.1) is 0 Å². The van der Waals surface area contributed by atoms with E-state index in [0.717, 1.165) is 12.8 Å². The standard InChI is InChI=1S/C12H18N2O2S/c1-16-8-11(13)12(15)14(9-4-5-9)7-10-3-2-6-17-10/h2-3,6,9,11H,4-5,7-8,13H2,1H3. The van der Waals surface area contributed by atoms with Crippen molar-refractivity contribution in [3.63, 3.8) is 0 Å². The molecule has 1 aliphatic carbocycles. The molecule has 1 heterocycles. The minimum atomic E-state index is -0.541. The van der Waals surface area contributed by atoms with E-state index in [1.165, 1.54) is 4.88 Å². The normalized spacial score (nSPS) is 16.8. The summed E-state index contributed by atoms with van der Waals surface area (Å²) >= 11 is 1.67. The summed E-state index contributed by atoms with van der Waals surface area (Å²) < 4.78 is 4.94. The van der Waals surface area contributed by atoms with Gasteiger partial charge in [0.25, 0.3) is 0 Å². The van der Waals surface area contributed by atoms with Gasteiger partial charge in [-0.25, -0.2) is 0 Å². The lowest BCUT2D eigenvalue weighted by Gasteiger charge is -2.24. The first kappa shape index (κ1) is 12.5. The lowest BCUT2D eigenvalue weighted by atomic mass is 10.2. The van der Waals surface area contributed by atoms with Gasteiger partial charge in [0.15, 0.2) is 0 Å². The van der Waals surface area contributed by atoms with E-state index in [1.807, 2.05) is 16.3 Å². The molecule has 0 aliphatic heterocycles. The molecule has 5 heteroatoms. The van der Waals surface area contributed by atoms with Crippen LogP contribution in [0.3, 0.4) is 0 Å². The van der Waals surface area contributed by atoms with Crippen molar-refractivity contribution in [2.45, 2.75) is 31.5 Å². The summed E-state index contributed by atoms with van der Waals surface area (Å²) in [6.07, 6.45) is 2.19. The third kappa shape index (κ3) is 3.28. The maximum absolute atomic E-state index is 12.2. The quantitative estimate of drug-likeness (QED) is 0.830. The van der Waals surface area contributed by atoms with E-state index in [0.29, 0.717) is 12.6 Å². The second kappa shape index (κ2) is 5.62. The molecule has 0 bridgehead atoms. The zero-order chi connectivity index (χ0) is 12.3. The highest BCUT2D eigenvalue weighted by atomic mass is 32.1. The molecule has 1 amide bonds. The van der Waals surface area contributed by atoms with Gasteiger partial charge in [-0.2, -0.15) is 0 Å². The Labute approximate surface area is 105 Å². The molecule has 1 saturated carbocycles. The molecular formula is C12H18N2O2S. The fourth-order valence-electron chi connectivity index (χ4n) is 1.81. The number of carbonyl (C=O) groups excluding carboxylic acids is 1. The first-order valence-electron chi connectivity index (χ1n) is 5.79. The maximum atomic E-state index is 12.2. The number of hydrogen-bond donors (Lipinski definition) is 1. The third-order valence-corrected chi connectivity index (χ3v) is 3.70. The predicted octanol–water partition coefficient (Wildman–Crippen LogP) is 1.21. The lowest BCUT2D eigenvalue weighted by Crippen LogP contribution is -2.46. The topological polar surface area (TPSA) is 55.6 Å². The number of hydrogen-bond acceptors (Lipinski definition) is 4. The van der Waals surface area contributed by atoms with Crippen LogP contribution in [0.2, 0.25) is 0 Å². The maximum Gasteiger partial charge on any atom is 0.242 e. The fraction of sp³-hybridized carbons (Fsp3) is 0.583. The highest BCUT2D eigenvalue weighted by Gasteiger charge is 2.34. The fourth-order valence-corrected chi connectivity index (χ4v) is 2.51. The number of thiophene rings is 1. The number of nitrogens with two attached hydrogens (primary N) is 1. The van der Waals surface area contributed by atoms with Crippen LogP contribution in [0.25, 0.3) is 0 Å². The van der Waals surface area contributed by atoms with Gasteiger partial charge in [-0.3, -0.25) is 4.79 Å². The van der Waals surface area contributed by atoms with Crippen molar-refractivity contribution < 1.29 is 9.53 Å². The van der Waals surface area contributed by atoms with Gasteiger partial charge >= 0.3 is 0 Å². The van der Waals surface area contributed by atoms with Gasteiger partial charge in [0.1, 0.15) is 6.04 Å². The Hall–Kier alpha value is -0.910. The highest BCUT2D eigenvalue weighted by molar-refractivity contribution is 7.09. The van der Waals surface area contributed by atoms with Crippen molar-refractivity contribution in [3.05, 3.63) is 22.4 Å². The summed E-state index contributed by atoms with van der Waals surface area (Å²) in [5.74, 6) is 0.00255. The Balaban J connectivity index is 1.99. The first-order valence-corrected chi connectivity index (χ1v) is 6.67. The average molecular weight is 254 g/mol. The van der Waals surface area contributed by atoms with Crippen molar-refractivity contribution in [1.82, 2.24) is 4.90 Å². The van der Waals surface area contributed by atoms with E-state index < -0.39 is 6.04 Å². The number of ether oxygens (including phenoxy) is 1. The molecule has 1 aromatic heterocycles. The zero-order valence-electron chi connectivity index (χ0n) is 9.96. The van der Waals surface area contributed by atoms with E-state index >= 15 is 0 Å². The lowest BCUT2D eigenvalue weighted by molar-refractivity contribution is -0.134. The molecule has 0 spiro atoms. The van der Waals surface area contributed by atoms with Gasteiger partial charge < -0.3 is 15.4 Å². The van der Waals surface area contributed by atoms with Crippen LogP contribution >= 0.6 is 11.3 Å². The summed E-state index contributed by atoms with van der Waals surface area (Å²) in [6, 6.07) is 3.90. The first-order chi connectivity index (χ1) is 8.22. The zero-order valence-corrected chi connectivity index (χ0v) is 10.8. The summed E-state index contributed by atoms with van der Waals surface area (Å²) in [5, 5.41) is 2.03. The molecule has 0 aromatic carbocycles. The third-order valence-electron chi connectivity index (χ3n) is 2.84. The Bertz CT molecular complexity index is 363. The Morgan fingerprint density at radius 3 is 3.00 bits per heavy atom. The van der Waals surface area contributed by atoms with Crippen LogP contribution in [0.15, 0.2) is 17.5 Å². The molecule has 0 radical (unpaired) electrons. The van der Waals surface area contributed by atoms with Crippen LogP contribution in [0.5, 0.6) is 0 Å². The average Bonchev–Trinajstić information content (AvgIpc) is 3.03. The largest absolute Gasteiger partial charge is 0.383 e. The monoisotopic (exact) mass is 254 g/mol. The van der Waals surface area contributed by atoms with Gasteiger partial charge in [-0.15, -0.1) is 11.3 Å². The summed E-state index contributed by atoms with van der Waals surface area (Å²) in [6.45, 7) is 0.963. The number of rotatable bonds is 6. The van der Waals surface area contributed by atoms with Gasteiger partial charge in [0.2, 0.25) is 5.91 Å². The van der Waals surface area contributed by atoms with Gasteiger partial charge in [0, 0.05) is 18.0 Å². The molecular weight excluding hydrogens is 236 g/mol. The van der Waals surface area contributed by atoms with Crippen LogP contribution in [-0.2, 0) is 16.1 Å². The molecule has 1 atom stereocenters. The van der Waals surface area contributed by atoms with Crippen molar-refractivity contribution in [2.24, 2.45) is 5.73 Å². The minimum Gasteiger partial charge on any atom is -0.383 e. The number of amides is 1. The van der Waals surface area contributed by atoms with Crippen LogP contribution in [0.1, 0.15) is 17.7 Å². The molecule has 94 valence electrons. The second-order valence-corrected chi connectivity index (χ2v) is 5.37. The molecule has 1 unspecified atom stereocenters. The summed E-state index contributed by atoms with van der Waals surface area (Å²) in [7, 11) is 1.56. The van der Waals surface area contributed by atoms with E-state index in [9.17, 15) is 4.79 Å². The van der Waals surface area contributed by atoms with E-state index in [4.69, 9.17) is 10.5 Å². The molecule has 1 aromatic rings. The summed E-state index contributed by atoms with van der Waals surface area (Å²) in [4.78, 5) is 15.3. The molecule has 2 N–H and O–H groups in total. The van der Waals surface area contributed by atoms with E-state index in [-0.39, 0.29) is 12.5 Å². The Morgan fingerprint density at radius 1 is 1.71 bits per heavy atom. The second-order valence-electron chi connectivity index (χ2n) is 4.34. The van der Waals surface area contributed by atoms with E-state index in [1.54, 1.807) is 18.4 Å².